The second-order valence-corrected chi connectivity index (χ2v) is 6.39. The third-order valence-corrected chi connectivity index (χ3v) is 4.81. The standard InChI is InChI=1S/C17H27N3O/c1-3-17(2)9-12-20(13-10-17)11-8-16(21)19-15-7-5-4-6-14(15)18/h4-7H,3,8-13,18H2,1-2H3,(H,19,21). The molecule has 3 N–H and O–H groups in total. The van der Waals surface area contributed by atoms with Gasteiger partial charge in [-0.2, -0.15) is 0 Å². The molecule has 4 nitrogen and oxygen atoms in total. The average Bonchev–Trinajstić information content (AvgIpc) is 2.49. The van der Waals surface area contributed by atoms with E-state index in [1.165, 1.54) is 19.3 Å². The largest absolute Gasteiger partial charge is 0.397 e. The first-order chi connectivity index (χ1) is 10.0. The number of carbonyl (C=O) groups excluding carboxylic acids is 1. The molecule has 21 heavy (non-hydrogen) atoms. The van der Waals surface area contributed by atoms with Crippen molar-refractivity contribution in [3.05, 3.63) is 24.3 Å². The van der Waals surface area contributed by atoms with Gasteiger partial charge < -0.3 is 16.0 Å². The lowest BCUT2D eigenvalue weighted by molar-refractivity contribution is -0.116. The third kappa shape index (κ3) is 4.46. The Balaban J connectivity index is 1.74. The molecule has 1 aliphatic heterocycles. The predicted octanol–water partition coefficient (Wildman–Crippen LogP) is 3.11. The molecule has 1 saturated heterocycles. The van der Waals surface area contributed by atoms with E-state index < -0.39 is 0 Å². The number of carbonyl (C=O) groups is 1. The van der Waals surface area contributed by atoms with Gasteiger partial charge in [0.2, 0.25) is 5.91 Å². The van der Waals surface area contributed by atoms with Crippen molar-refractivity contribution in [3.63, 3.8) is 0 Å². The van der Waals surface area contributed by atoms with Crippen molar-refractivity contribution >= 4 is 17.3 Å². The summed E-state index contributed by atoms with van der Waals surface area (Å²) in [6.45, 7) is 7.68. The molecule has 0 radical (unpaired) electrons. The fourth-order valence-electron chi connectivity index (χ4n) is 2.75. The molecule has 1 heterocycles. The van der Waals surface area contributed by atoms with Crippen molar-refractivity contribution in [1.82, 2.24) is 4.90 Å². The SMILES string of the molecule is CCC1(C)CCN(CCC(=O)Nc2ccccc2N)CC1. The number of benzene rings is 1. The summed E-state index contributed by atoms with van der Waals surface area (Å²) < 4.78 is 0. The molecule has 1 aromatic rings. The van der Waals surface area contributed by atoms with Crippen LogP contribution >= 0.6 is 0 Å². The van der Waals surface area contributed by atoms with Gasteiger partial charge in [0.05, 0.1) is 11.4 Å². The zero-order valence-corrected chi connectivity index (χ0v) is 13.2. The first-order valence-electron chi connectivity index (χ1n) is 7.89. The van der Waals surface area contributed by atoms with Gasteiger partial charge >= 0.3 is 0 Å². The van der Waals surface area contributed by atoms with Crippen LogP contribution in [0, 0.1) is 5.41 Å². The molecule has 0 aliphatic carbocycles. The second kappa shape index (κ2) is 6.94. The average molecular weight is 289 g/mol. The van der Waals surface area contributed by atoms with Gasteiger partial charge in [-0.25, -0.2) is 0 Å². The lowest BCUT2D eigenvalue weighted by Crippen LogP contribution is -2.39. The van der Waals surface area contributed by atoms with Gasteiger partial charge in [-0.05, 0) is 43.5 Å². The fourth-order valence-corrected chi connectivity index (χ4v) is 2.75. The number of rotatable bonds is 5. The highest BCUT2D eigenvalue weighted by molar-refractivity contribution is 5.93. The van der Waals surface area contributed by atoms with Gasteiger partial charge in [0.25, 0.3) is 0 Å². The fraction of sp³-hybridized carbons (Fsp3) is 0.588. The second-order valence-electron chi connectivity index (χ2n) is 6.39. The molecule has 2 rings (SSSR count). The molecular weight excluding hydrogens is 262 g/mol. The number of nitrogen functional groups attached to an aromatic ring is 1. The van der Waals surface area contributed by atoms with Crippen LogP contribution in [-0.4, -0.2) is 30.4 Å². The molecule has 1 amide bonds. The molecule has 4 heteroatoms. The summed E-state index contributed by atoms with van der Waals surface area (Å²) in [4.78, 5) is 14.4. The number of nitrogens with zero attached hydrogens (tertiary/aromatic N) is 1. The Hall–Kier alpha value is -1.55. The van der Waals surface area contributed by atoms with E-state index in [9.17, 15) is 4.79 Å². The predicted molar refractivity (Wildman–Crippen MR) is 88.2 cm³/mol. The molecule has 1 fully saturated rings. The van der Waals surface area contributed by atoms with Gasteiger partial charge in [0, 0.05) is 13.0 Å². The third-order valence-electron chi connectivity index (χ3n) is 4.81. The maximum absolute atomic E-state index is 12.0. The summed E-state index contributed by atoms with van der Waals surface area (Å²) in [7, 11) is 0. The number of hydrogen-bond acceptors (Lipinski definition) is 3. The van der Waals surface area contributed by atoms with E-state index in [0.29, 0.717) is 23.2 Å². The smallest absolute Gasteiger partial charge is 0.225 e. The summed E-state index contributed by atoms with van der Waals surface area (Å²) >= 11 is 0. The van der Waals surface area contributed by atoms with Crippen LogP contribution in [0.4, 0.5) is 11.4 Å². The molecule has 1 aromatic carbocycles. The molecule has 0 unspecified atom stereocenters. The summed E-state index contributed by atoms with van der Waals surface area (Å²) in [5, 5.41) is 2.89. The maximum atomic E-state index is 12.0. The number of likely N-dealkylation sites (tertiary alicyclic amines) is 1. The lowest BCUT2D eigenvalue weighted by atomic mass is 9.78. The molecule has 0 spiro atoms. The number of hydrogen-bond donors (Lipinski definition) is 2. The minimum absolute atomic E-state index is 0.0386. The molecular formula is C17H27N3O. The van der Waals surface area contributed by atoms with Crippen LogP contribution in [0.3, 0.4) is 0 Å². The van der Waals surface area contributed by atoms with Crippen LogP contribution in [0.5, 0.6) is 0 Å². The Morgan fingerprint density at radius 1 is 1.33 bits per heavy atom. The Bertz CT molecular complexity index is 479. The molecule has 0 aromatic heterocycles. The Labute approximate surface area is 127 Å². The van der Waals surface area contributed by atoms with Crippen molar-refractivity contribution in [1.29, 1.82) is 0 Å². The molecule has 0 saturated carbocycles. The van der Waals surface area contributed by atoms with Gasteiger partial charge in [-0.15, -0.1) is 0 Å². The van der Waals surface area contributed by atoms with Crippen LogP contribution < -0.4 is 11.1 Å². The quantitative estimate of drug-likeness (QED) is 0.819. The van der Waals surface area contributed by atoms with Gasteiger partial charge in [-0.3, -0.25) is 4.79 Å². The first-order valence-corrected chi connectivity index (χ1v) is 7.89. The van der Waals surface area contributed by atoms with E-state index in [1.807, 2.05) is 18.2 Å². The maximum Gasteiger partial charge on any atom is 0.225 e. The zero-order chi connectivity index (χ0) is 15.3. The summed E-state index contributed by atoms with van der Waals surface area (Å²) in [6, 6.07) is 7.37. The number of para-hydroxylation sites is 2. The Kier molecular flexibility index (Phi) is 5.23. The van der Waals surface area contributed by atoms with Crippen LogP contribution in [0.25, 0.3) is 0 Å². The van der Waals surface area contributed by atoms with Crippen molar-refractivity contribution in [2.45, 2.75) is 39.5 Å². The van der Waals surface area contributed by atoms with Crippen molar-refractivity contribution < 1.29 is 4.79 Å². The number of piperidine rings is 1. The number of nitrogens with one attached hydrogen (secondary N) is 1. The molecule has 116 valence electrons. The lowest BCUT2D eigenvalue weighted by Gasteiger charge is -2.38. The Morgan fingerprint density at radius 3 is 2.62 bits per heavy atom. The minimum atomic E-state index is 0.0386. The van der Waals surface area contributed by atoms with Gasteiger partial charge in [-0.1, -0.05) is 32.4 Å². The van der Waals surface area contributed by atoms with Crippen LogP contribution in [0.15, 0.2) is 24.3 Å². The van der Waals surface area contributed by atoms with Crippen LogP contribution in [-0.2, 0) is 4.79 Å². The number of anilines is 2. The van der Waals surface area contributed by atoms with E-state index in [2.05, 4.69) is 24.1 Å². The monoisotopic (exact) mass is 289 g/mol. The topological polar surface area (TPSA) is 58.4 Å². The number of amides is 1. The van der Waals surface area contributed by atoms with E-state index in [1.54, 1.807) is 6.07 Å². The van der Waals surface area contributed by atoms with E-state index in [0.717, 1.165) is 19.6 Å². The molecule has 0 bridgehead atoms. The first kappa shape index (κ1) is 15.8. The van der Waals surface area contributed by atoms with E-state index in [4.69, 9.17) is 5.73 Å². The van der Waals surface area contributed by atoms with Crippen molar-refractivity contribution in [2.24, 2.45) is 5.41 Å². The van der Waals surface area contributed by atoms with Gasteiger partial charge in [0.1, 0.15) is 0 Å². The van der Waals surface area contributed by atoms with Crippen LogP contribution in [0.1, 0.15) is 39.5 Å². The van der Waals surface area contributed by atoms with Crippen molar-refractivity contribution in [2.75, 3.05) is 30.7 Å². The van der Waals surface area contributed by atoms with Crippen molar-refractivity contribution in [3.8, 4) is 0 Å². The zero-order valence-electron chi connectivity index (χ0n) is 13.2. The van der Waals surface area contributed by atoms with E-state index >= 15 is 0 Å². The molecule has 1 aliphatic rings. The van der Waals surface area contributed by atoms with Gasteiger partial charge in [0.15, 0.2) is 0 Å². The normalized spacial score (nSPS) is 18.4. The van der Waals surface area contributed by atoms with Crippen LogP contribution in [0.2, 0.25) is 0 Å². The highest BCUT2D eigenvalue weighted by atomic mass is 16.1. The summed E-state index contributed by atoms with van der Waals surface area (Å²) in [6.07, 6.45) is 4.24. The number of nitrogens with two attached hydrogens (primary N) is 1. The summed E-state index contributed by atoms with van der Waals surface area (Å²) in [5.74, 6) is 0.0386. The van der Waals surface area contributed by atoms with E-state index in [-0.39, 0.29) is 5.91 Å². The molecule has 0 atom stereocenters. The highest BCUT2D eigenvalue weighted by Gasteiger charge is 2.28. The minimum Gasteiger partial charge on any atom is -0.397 e. The summed E-state index contributed by atoms with van der Waals surface area (Å²) in [5.41, 5.74) is 7.65. The Morgan fingerprint density at radius 2 is 2.00 bits per heavy atom. The highest BCUT2D eigenvalue weighted by Crippen LogP contribution is 2.33.